The lowest BCUT2D eigenvalue weighted by molar-refractivity contribution is 0.00578. The Hall–Kier alpha value is -1.72. The zero-order valence-electron chi connectivity index (χ0n) is 14.6. The molecule has 3 rings (SSSR count). The first-order valence-electron chi connectivity index (χ1n) is 7.79. The molecule has 0 bridgehead atoms. The normalized spacial score (nSPS) is 19.1. The molecule has 122 valence electrons. The van der Waals surface area contributed by atoms with Crippen LogP contribution in [0.1, 0.15) is 27.7 Å². The molecule has 0 spiro atoms. The van der Waals surface area contributed by atoms with E-state index >= 15 is 0 Å². The molecule has 0 radical (unpaired) electrons. The van der Waals surface area contributed by atoms with Gasteiger partial charge in [-0.1, -0.05) is 18.2 Å². The predicted octanol–water partition coefficient (Wildman–Crippen LogP) is 3.16. The van der Waals surface area contributed by atoms with Gasteiger partial charge in [-0.25, -0.2) is 0 Å². The molecular weight excluding hydrogens is 291 g/mol. The Morgan fingerprint density at radius 3 is 1.83 bits per heavy atom. The molecule has 0 aromatic heterocycles. The summed E-state index contributed by atoms with van der Waals surface area (Å²) in [6, 6.07) is 10.1. The third-order valence-electron chi connectivity index (χ3n) is 4.89. The Labute approximate surface area is 137 Å². The van der Waals surface area contributed by atoms with E-state index in [0.717, 1.165) is 22.0 Å². The number of methoxy groups -OCH3 is 2. The van der Waals surface area contributed by atoms with E-state index in [1.807, 2.05) is 18.2 Å². The largest absolute Gasteiger partial charge is 0.494 e. The maximum absolute atomic E-state index is 6.12. The Bertz CT molecular complexity index is 723. The monoisotopic (exact) mass is 314 g/mol. The fraction of sp³-hybridized carbons (Fsp3) is 0.444. The highest BCUT2D eigenvalue weighted by atomic mass is 16.7. The molecule has 1 aliphatic rings. The van der Waals surface area contributed by atoms with Crippen LogP contribution in [0.25, 0.3) is 10.8 Å². The molecule has 1 fully saturated rings. The molecule has 1 aliphatic heterocycles. The molecule has 0 saturated carbocycles. The molecular formula is C18H23BO4. The van der Waals surface area contributed by atoms with E-state index in [-0.39, 0.29) is 18.3 Å². The fourth-order valence-corrected chi connectivity index (χ4v) is 2.72. The molecule has 23 heavy (non-hydrogen) atoms. The molecule has 2 aromatic rings. The first-order chi connectivity index (χ1) is 10.8. The zero-order chi connectivity index (χ0) is 16.8. The van der Waals surface area contributed by atoms with Crippen molar-refractivity contribution in [1.82, 2.24) is 0 Å². The minimum atomic E-state index is -0.363. The summed E-state index contributed by atoms with van der Waals surface area (Å²) in [6.45, 7) is 8.23. The van der Waals surface area contributed by atoms with Gasteiger partial charge in [0.15, 0.2) is 11.5 Å². The van der Waals surface area contributed by atoms with E-state index in [0.29, 0.717) is 5.75 Å². The van der Waals surface area contributed by atoms with Gasteiger partial charge < -0.3 is 18.8 Å². The molecule has 1 heterocycles. The van der Waals surface area contributed by atoms with Crippen molar-refractivity contribution in [2.24, 2.45) is 0 Å². The van der Waals surface area contributed by atoms with Crippen molar-refractivity contribution in [2.45, 2.75) is 38.9 Å². The highest BCUT2D eigenvalue weighted by Gasteiger charge is 2.51. The lowest BCUT2D eigenvalue weighted by Gasteiger charge is -2.32. The maximum Gasteiger partial charge on any atom is 0.494 e. The van der Waals surface area contributed by atoms with Gasteiger partial charge in [0.2, 0.25) is 0 Å². The van der Waals surface area contributed by atoms with Crippen LogP contribution in [-0.2, 0) is 9.31 Å². The standard InChI is InChI=1S/C18H23BO4/c1-17(2)18(3,4)23-19(22-17)14-8-7-12-10-15(20-5)16(21-6)11-13(12)9-14/h7-11H,1-6H3. The second-order valence-electron chi connectivity index (χ2n) is 6.90. The average Bonchev–Trinajstić information content (AvgIpc) is 2.73. The molecule has 0 N–H and O–H groups in total. The van der Waals surface area contributed by atoms with Crippen LogP contribution in [0.4, 0.5) is 0 Å². The summed E-state index contributed by atoms with van der Waals surface area (Å²) >= 11 is 0. The highest BCUT2D eigenvalue weighted by Crippen LogP contribution is 2.37. The van der Waals surface area contributed by atoms with Gasteiger partial charge in [-0.3, -0.25) is 0 Å². The third-order valence-corrected chi connectivity index (χ3v) is 4.89. The second-order valence-corrected chi connectivity index (χ2v) is 6.90. The van der Waals surface area contributed by atoms with Gasteiger partial charge in [-0.15, -0.1) is 0 Å². The lowest BCUT2D eigenvalue weighted by Crippen LogP contribution is -2.41. The summed E-state index contributed by atoms with van der Waals surface area (Å²) in [6.07, 6.45) is 0. The molecule has 5 heteroatoms. The topological polar surface area (TPSA) is 36.9 Å². The van der Waals surface area contributed by atoms with Gasteiger partial charge in [0, 0.05) is 0 Å². The van der Waals surface area contributed by atoms with E-state index in [1.54, 1.807) is 14.2 Å². The molecule has 1 saturated heterocycles. The van der Waals surface area contributed by atoms with Crippen LogP contribution in [0, 0.1) is 0 Å². The van der Waals surface area contributed by atoms with E-state index in [2.05, 4.69) is 39.8 Å². The number of benzene rings is 2. The van der Waals surface area contributed by atoms with Crippen LogP contribution < -0.4 is 14.9 Å². The molecule has 4 nitrogen and oxygen atoms in total. The van der Waals surface area contributed by atoms with Crippen molar-refractivity contribution in [3.8, 4) is 11.5 Å². The van der Waals surface area contributed by atoms with Crippen molar-refractivity contribution in [3.05, 3.63) is 30.3 Å². The fourth-order valence-electron chi connectivity index (χ4n) is 2.72. The maximum atomic E-state index is 6.12. The van der Waals surface area contributed by atoms with Crippen LogP contribution >= 0.6 is 0 Å². The SMILES string of the molecule is COc1cc2ccc(B3OC(C)(C)C(C)(C)O3)cc2cc1OC. The average molecular weight is 314 g/mol. The lowest BCUT2D eigenvalue weighted by atomic mass is 9.78. The first-order valence-corrected chi connectivity index (χ1v) is 7.79. The van der Waals surface area contributed by atoms with E-state index in [9.17, 15) is 0 Å². The van der Waals surface area contributed by atoms with E-state index < -0.39 is 0 Å². The third kappa shape index (κ3) is 2.68. The summed E-state index contributed by atoms with van der Waals surface area (Å²) in [5.74, 6) is 1.44. The number of hydrogen-bond acceptors (Lipinski definition) is 4. The van der Waals surface area contributed by atoms with E-state index in [4.69, 9.17) is 18.8 Å². The smallest absolute Gasteiger partial charge is 0.493 e. The van der Waals surface area contributed by atoms with Crippen molar-refractivity contribution >= 4 is 23.4 Å². The quantitative estimate of drug-likeness (QED) is 0.816. The van der Waals surface area contributed by atoms with Crippen LogP contribution in [0.2, 0.25) is 0 Å². The van der Waals surface area contributed by atoms with Crippen LogP contribution in [0.3, 0.4) is 0 Å². The Morgan fingerprint density at radius 1 is 0.783 bits per heavy atom. The van der Waals surface area contributed by atoms with Crippen LogP contribution in [0.15, 0.2) is 30.3 Å². The van der Waals surface area contributed by atoms with Gasteiger partial charge >= 0.3 is 7.12 Å². The summed E-state index contributed by atoms with van der Waals surface area (Å²) < 4.78 is 23.0. The molecule has 0 amide bonds. The van der Waals surface area contributed by atoms with E-state index in [1.165, 1.54) is 0 Å². The van der Waals surface area contributed by atoms with Crippen molar-refractivity contribution < 1.29 is 18.8 Å². The van der Waals surface area contributed by atoms with Gasteiger partial charge in [-0.05, 0) is 56.1 Å². The van der Waals surface area contributed by atoms with Gasteiger partial charge in [0.25, 0.3) is 0 Å². The minimum Gasteiger partial charge on any atom is -0.493 e. The summed E-state index contributed by atoms with van der Waals surface area (Å²) in [4.78, 5) is 0. The van der Waals surface area contributed by atoms with Gasteiger partial charge in [0.05, 0.1) is 25.4 Å². The van der Waals surface area contributed by atoms with Crippen molar-refractivity contribution in [3.63, 3.8) is 0 Å². The van der Waals surface area contributed by atoms with Gasteiger partial charge in [-0.2, -0.15) is 0 Å². The zero-order valence-corrected chi connectivity index (χ0v) is 14.6. The summed E-state index contributed by atoms with van der Waals surface area (Å²) in [5, 5.41) is 2.15. The van der Waals surface area contributed by atoms with Gasteiger partial charge in [0.1, 0.15) is 0 Å². The minimum absolute atomic E-state index is 0.343. The molecule has 0 aliphatic carbocycles. The first kappa shape index (κ1) is 16.2. The predicted molar refractivity (Wildman–Crippen MR) is 92.8 cm³/mol. The summed E-state index contributed by atoms with van der Waals surface area (Å²) in [7, 11) is 2.92. The number of fused-ring (bicyclic) bond motifs is 1. The Kier molecular flexibility index (Phi) is 3.81. The Balaban J connectivity index is 2.01. The molecule has 0 atom stereocenters. The number of hydrogen-bond donors (Lipinski definition) is 0. The second kappa shape index (κ2) is 5.43. The highest BCUT2D eigenvalue weighted by molar-refractivity contribution is 6.62. The van der Waals surface area contributed by atoms with Crippen molar-refractivity contribution in [1.29, 1.82) is 0 Å². The molecule has 0 unspecified atom stereocenters. The van der Waals surface area contributed by atoms with Crippen molar-refractivity contribution in [2.75, 3.05) is 14.2 Å². The molecule has 2 aromatic carbocycles. The van der Waals surface area contributed by atoms with Crippen LogP contribution in [0.5, 0.6) is 11.5 Å². The summed E-state index contributed by atoms with van der Waals surface area (Å²) in [5.41, 5.74) is 0.317. The Morgan fingerprint density at radius 2 is 1.30 bits per heavy atom. The van der Waals surface area contributed by atoms with Crippen LogP contribution in [-0.4, -0.2) is 32.5 Å². The number of rotatable bonds is 3. The number of ether oxygens (including phenoxy) is 2.